The van der Waals surface area contributed by atoms with Crippen LogP contribution < -0.4 is 0 Å². The zero-order valence-electron chi connectivity index (χ0n) is 13.7. The van der Waals surface area contributed by atoms with Crippen LogP contribution in [-0.4, -0.2) is 0 Å². The maximum absolute atomic E-state index is 2.69. The minimum Gasteiger partial charge on any atom is -0.0588 e. The van der Waals surface area contributed by atoms with Gasteiger partial charge in [-0.3, -0.25) is 0 Å². The second-order valence-corrected chi connectivity index (χ2v) is 10.7. The summed E-state index contributed by atoms with van der Waals surface area (Å²) >= 11 is 0. The van der Waals surface area contributed by atoms with Crippen molar-refractivity contribution in [2.45, 2.75) is 66.2 Å². The lowest BCUT2D eigenvalue weighted by molar-refractivity contribution is 0.0799. The van der Waals surface area contributed by atoms with E-state index in [1.807, 2.05) is 0 Å². The van der Waals surface area contributed by atoms with Crippen molar-refractivity contribution in [3.8, 4) is 0 Å². The van der Waals surface area contributed by atoms with Gasteiger partial charge in [0.15, 0.2) is 0 Å². The second-order valence-electron chi connectivity index (χ2n) is 10.7. The van der Waals surface area contributed by atoms with Crippen LogP contribution in [0.3, 0.4) is 0 Å². The Kier molecular flexibility index (Phi) is 1.54. The van der Waals surface area contributed by atoms with Gasteiger partial charge >= 0.3 is 0 Å². The van der Waals surface area contributed by atoms with Gasteiger partial charge in [-0.15, -0.1) is 0 Å². The Morgan fingerprint density at radius 1 is 0.600 bits per heavy atom. The van der Waals surface area contributed by atoms with Gasteiger partial charge in [-0.2, -0.15) is 0 Å². The predicted molar refractivity (Wildman–Crippen MR) is 81.1 cm³/mol. The van der Waals surface area contributed by atoms with Crippen LogP contribution in [0.1, 0.15) is 66.2 Å². The van der Waals surface area contributed by atoms with Crippen molar-refractivity contribution in [1.82, 2.24) is 0 Å². The molecule has 8 rings (SSSR count). The van der Waals surface area contributed by atoms with Crippen molar-refractivity contribution in [2.75, 3.05) is 0 Å². The highest BCUT2D eigenvalue weighted by Crippen LogP contribution is 2.90. The molecule has 0 heteroatoms. The summed E-state index contributed by atoms with van der Waals surface area (Å²) in [5.74, 6) is 6.79. The van der Waals surface area contributed by atoms with Gasteiger partial charge in [-0.05, 0) is 95.7 Å². The quantitative estimate of drug-likeness (QED) is 0.667. The van der Waals surface area contributed by atoms with E-state index in [-0.39, 0.29) is 0 Å². The first-order valence-electron chi connectivity index (χ1n) is 9.37. The Labute approximate surface area is 124 Å². The fourth-order valence-electron chi connectivity index (χ4n) is 9.53. The summed E-state index contributed by atoms with van der Waals surface area (Å²) in [6.07, 6.45) is 9.51. The van der Waals surface area contributed by atoms with E-state index in [2.05, 4.69) is 27.7 Å². The molecule has 0 radical (unpaired) electrons. The van der Waals surface area contributed by atoms with Crippen LogP contribution in [0.4, 0.5) is 0 Å². The normalized spacial score (nSPS) is 77.4. The highest BCUT2D eigenvalue weighted by Gasteiger charge is 2.83. The molecular formula is C20H30. The van der Waals surface area contributed by atoms with Crippen molar-refractivity contribution >= 4 is 0 Å². The molecule has 0 N–H and O–H groups in total. The molecule has 110 valence electrons. The third-order valence-corrected chi connectivity index (χ3v) is 11.4. The minimum atomic E-state index is 0.721. The van der Waals surface area contributed by atoms with Gasteiger partial charge in [0.2, 0.25) is 0 Å². The van der Waals surface area contributed by atoms with Gasteiger partial charge in [-0.25, -0.2) is 0 Å². The largest absolute Gasteiger partial charge is 0.0588 e. The Balaban J connectivity index is 1.30. The summed E-state index contributed by atoms with van der Waals surface area (Å²) in [5.41, 5.74) is 3.00. The van der Waals surface area contributed by atoms with E-state index in [1.54, 1.807) is 38.5 Å². The molecule has 0 aromatic carbocycles. The Morgan fingerprint density at radius 3 is 1.10 bits per heavy atom. The van der Waals surface area contributed by atoms with Crippen LogP contribution in [0.5, 0.6) is 0 Å². The van der Waals surface area contributed by atoms with Gasteiger partial charge in [0.05, 0.1) is 0 Å². The van der Waals surface area contributed by atoms with Crippen molar-refractivity contribution in [3.05, 3.63) is 0 Å². The molecule has 8 fully saturated rings. The molecule has 10 atom stereocenters. The van der Waals surface area contributed by atoms with Gasteiger partial charge in [0, 0.05) is 0 Å². The molecule has 0 saturated heterocycles. The number of hydrogen-bond acceptors (Lipinski definition) is 0. The molecule has 0 aromatic heterocycles. The molecular weight excluding hydrogens is 240 g/mol. The summed E-state index contributed by atoms with van der Waals surface area (Å²) in [5, 5.41) is 0. The Morgan fingerprint density at radius 2 is 0.900 bits per heavy atom. The van der Waals surface area contributed by atoms with Crippen LogP contribution in [0.25, 0.3) is 0 Å². The fraction of sp³-hybridized carbons (Fsp3) is 1.00. The molecule has 0 spiro atoms. The van der Waals surface area contributed by atoms with E-state index in [0.717, 1.165) is 57.2 Å². The first kappa shape index (κ1) is 11.6. The van der Waals surface area contributed by atoms with Crippen molar-refractivity contribution < 1.29 is 0 Å². The number of rotatable bonds is 3. The van der Waals surface area contributed by atoms with E-state index in [9.17, 15) is 0 Å². The molecule has 8 saturated carbocycles. The lowest BCUT2D eigenvalue weighted by Gasteiger charge is -2.41. The highest BCUT2D eigenvalue weighted by atomic mass is 14.9. The Hall–Kier alpha value is 0. The summed E-state index contributed by atoms with van der Waals surface area (Å²) in [4.78, 5) is 0. The average Bonchev–Trinajstić information content (AvgIpc) is 2.95. The SMILES string of the molecule is CC12[C@@H]3CC(C[C@@H]31)[C@@]2(C)CC[C@]1(C)C2C[C@@H]3[C@H](C2)C31C. The van der Waals surface area contributed by atoms with Crippen LogP contribution in [0.2, 0.25) is 0 Å². The maximum Gasteiger partial charge on any atom is -0.0207 e. The average molecular weight is 270 g/mol. The lowest BCUT2D eigenvalue weighted by atomic mass is 9.64. The topological polar surface area (TPSA) is 0 Å². The van der Waals surface area contributed by atoms with E-state index >= 15 is 0 Å². The zero-order valence-corrected chi connectivity index (χ0v) is 13.7. The zero-order chi connectivity index (χ0) is 13.7. The van der Waals surface area contributed by atoms with Crippen LogP contribution >= 0.6 is 0 Å². The van der Waals surface area contributed by atoms with Gasteiger partial charge in [0.1, 0.15) is 0 Å². The van der Waals surface area contributed by atoms with Crippen molar-refractivity contribution in [1.29, 1.82) is 0 Å². The molecule has 20 heavy (non-hydrogen) atoms. The van der Waals surface area contributed by atoms with Crippen molar-refractivity contribution in [2.24, 2.45) is 57.2 Å². The van der Waals surface area contributed by atoms with Crippen molar-refractivity contribution in [3.63, 3.8) is 0 Å². The minimum absolute atomic E-state index is 0.721. The van der Waals surface area contributed by atoms with E-state index in [0.29, 0.717) is 0 Å². The summed E-state index contributed by atoms with van der Waals surface area (Å²) in [6, 6.07) is 0. The van der Waals surface area contributed by atoms with E-state index in [4.69, 9.17) is 0 Å². The van der Waals surface area contributed by atoms with Gasteiger partial charge in [-0.1, -0.05) is 27.7 Å². The second kappa shape index (κ2) is 2.67. The highest BCUT2D eigenvalue weighted by molar-refractivity contribution is 5.31. The van der Waals surface area contributed by atoms with Crippen LogP contribution in [-0.2, 0) is 0 Å². The first-order valence-corrected chi connectivity index (χ1v) is 9.37. The fourth-order valence-corrected chi connectivity index (χ4v) is 9.53. The summed E-state index contributed by atoms with van der Waals surface area (Å²) in [6.45, 7) is 10.7. The van der Waals surface area contributed by atoms with E-state index in [1.165, 1.54) is 0 Å². The van der Waals surface area contributed by atoms with Gasteiger partial charge in [0.25, 0.3) is 0 Å². The van der Waals surface area contributed by atoms with E-state index < -0.39 is 0 Å². The maximum atomic E-state index is 2.69. The van der Waals surface area contributed by atoms with Gasteiger partial charge < -0.3 is 0 Å². The third-order valence-electron chi connectivity index (χ3n) is 11.4. The Bertz CT molecular complexity index is 460. The molecule has 8 bridgehead atoms. The molecule has 0 amide bonds. The standard InChI is InChI=1S/C20H30/c1-17(11-7-13-14(8-11)19(13,17)3)5-6-18(2)12-9-15-16(10-12)20(15,18)4/h11-16H,5-10H2,1-4H3/t11?,12?,13-,14+,15-,16+,17-,18-,19?,20?/m1/s1. The monoisotopic (exact) mass is 270 g/mol. The smallest absolute Gasteiger partial charge is 0.0207 e. The molecule has 4 unspecified atom stereocenters. The number of hydrogen-bond donors (Lipinski definition) is 0. The first-order chi connectivity index (χ1) is 9.37. The molecule has 0 heterocycles. The molecule has 0 nitrogen and oxygen atoms in total. The summed E-state index contributed by atoms with van der Waals surface area (Å²) < 4.78 is 0. The molecule has 0 aromatic rings. The molecule has 0 aliphatic heterocycles. The third kappa shape index (κ3) is 0.793. The van der Waals surface area contributed by atoms with Crippen LogP contribution in [0, 0.1) is 57.2 Å². The molecule has 8 aliphatic rings. The van der Waals surface area contributed by atoms with Crippen LogP contribution in [0.15, 0.2) is 0 Å². The molecule has 8 aliphatic carbocycles. The lowest BCUT2D eigenvalue weighted by Crippen LogP contribution is -2.33. The summed E-state index contributed by atoms with van der Waals surface area (Å²) in [7, 11) is 0. The predicted octanol–water partition coefficient (Wildman–Crippen LogP) is 5.13.